The molecule has 0 aliphatic carbocycles. The number of thiazole rings is 1. The molecule has 2 aliphatic heterocycles. The van der Waals surface area contributed by atoms with E-state index in [9.17, 15) is 14.4 Å². The molecule has 2 unspecified atom stereocenters. The fraction of sp³-hybridized carbons (Fsp3) is 0.270. The van der Waals surface area contributed by atoms with Gasteiger partial charge in [-0.05, 0) is 37.5 Å². The topological polar surface area (TPSA) is 122 Å². The largest absolute Gasteiger partial charge is 0.455 e. The van der Waals surface area contributed by atoms with Crippen LogP contribution in [-0.4, -0.2) is 68.4 Å². The van der Waals surface area contributed by atoms with Gasteiger partial charge in [0.25, 0.3) is 11.8 Å². The van der Waals surface area contributed by atoms with Gasteiger partial charge in [-0.2, -0.15) is 0 Å². The van der Waals surface area contributed by atoms with Crippen molar-refractivity contribution in [2.45, 2.75) is 44.0 Å². The lowest BCUT2D eigenvalue weighted by molar-refractivity contribution is -0.160. The summed E-state index contributed by atoms with van der Waals surface area (Å²) in [6.45, 7) is 5.35. The van der Waals surface area contributed by atoms with Crippen molar-refractivity contribution in [1.82, 2.24) is 15.2 Å². The number of carbonyl (C=O) groups is 3. The summed E-state index contributed by atoms with van der Waals surface area (Å²) in [5.74, 6) is -1.04. The normalized spacial score (nSPS) is 17.8. The van der Waals surface area contributed by atoms with Gasteiger partial charge in [0.05, 0.1) is 6.04 Å². The highest BCUT2D eigenvalue weighted by Crippen LogP contribution is 2.42. The Morgan fingerprint density at radius 3 is 2.02 bits per heavy atom. The Bertz CT molecular complexity index is 1830. The Morgan fingerprint density at radius 1 is 0.960 bits per heavy atom. The summed E-state index contributed by atoms with van der Waals surface area (Å²) >= 11 is 4.99. The third kappa shape index (κ3) is 7.03. The number of fused-ring (bicyclic) bond motifs is 1. The van der Waals surface area contributed by atoms with Crippen LogP contribution in [0, 0.1) is 0 Å². The summed E-state index contributed by atoms with van der Waals surface area (Å²) in [6.07, 6.45) is 0. The number of β-lactam (4-membered cyclic amide) rings is 1. The van der Waals surface area contributed by atoms with Crippen LogP contribution in [0.1, 0.15) is 43.2 Å². The molecule has 0 bridgehead atoms. The van der Waals surface area contributed by atoms with Gasteiger partial charge in [-0.15, -0.1) is 23.1 Å². The second-order valence-electron chi connectivity index (χ2n) is 12.6. The van der Waals surface area contributed by atoms with Gasteiger partial charge in [0.15, 0.2) is 10.8 Å². The molecule has 10 nitrogen and oxygen atoms in total. The highest BCUT2D eigenvalue weighted by Gasteiger charge is 2.54. The van der Waals surface area contributed by atoms with E-state index in [0.29, 0.717) is 15.3 Å². The predicted octanol–water partition coefficient (Wildman–Crippen LogP) is 6.33. The van der Waals surface area contributed by atoms with Crippen LogP contribution in [0.15, 0.2) is 112 Å². The van der Waals surface area contributed by atoms with Crippen molar-refractivity contribution in [3.63, 3.8) is 0 Å². The molecule has 0 spiro atoms. The number of oxime groups is 1. The molecule has 1 saturated heterocycles. The van der Waals surface area contributed by atoms with Crippen LogP contribution in [0.4, 0.5) is 5.13 Å². The van der Waals surface area contributed by atoms with Gasteiger partial charge in [-0.3, -0.25) is 14.5 Å². The molecule has 2 amide bonds. The number of carbonyl (C=O) groups excluding carboxylic acids is 3. The number of aromatic nitrogens is 1. The van der Waals surface area contributed by atoms with Gasteiger partial charge < -0.3 is 20.2 Å². The van der Waals surface area contributed by atoms with Crippen molar-refractivity contribution in [3.8, 4) is 0 Å². The fourth-order valence-corrected chi connectivity index (χ4v) is 8.95. The van der Waals surface area contributed by atoms with E-state index in [1.54, 1.807) is 26.2 Å². The van der Waals surface area contributed by atoms with Crippen LogP contribution >= 0.6 is 45.7 Å². The molecule has 2 aliphatic rings. The molecule has 0 radical (unpaired) electrons. The molecule has 1 fully saturated rings. The number of amides is 2. The van der Waals surface area contributed by atoms with Crippen LogP contribution < -0.4 is 10.6 Å². The van der Waals surface area contributed by atoms with Gasteiger partial charge in [0.2, 0.25) is 0 Å². The molecule has 0 saturated carbocycles. The molecular formula is C37H36IN5O5S2. The lowest BCUT2D eigenvalue weighted by Gasteiger charge is -2.50. The molecule has 258 valence electrons. The van der Waals surface area contributed by atoms with Crippen LogP contribution in [0.3, 0.4) is 0 Å². The van der Waals surface area contributed by atoms with E-state index in [1.807, 2.05) is 54.6 Å². The molecule has 3 aromatic carbocycles. The Labute approximate surface area is 312 Å². The zero-order chi connectivity index (χ0) is 35.5. The predicted molar refractivity (Wildman–Crippen MR) is 205 cm³/mol. The van der Waals surface area contributed by atoms with E-state index in [0.717, 1.165) is 21.6 Å². The Balaban J connectivity index is 1.27. The van der Waals surface area contributed by atoms with E-state index in [1.165, 1.54) is 35.1 Å². The minimum Gasteiger partial charge on any atom is -0.455 e. The van der Waals surface area contributed by atoms with Crippen molar-refractivity contribution in [1.29, 1.82) is 0 Å². The summed E-state index contributed by atoms with van der Waals surface area (Å²) < 4.78 is 6.18. The van der Waals surface area contributed by atoms with Gasteiger partial charge >= 0.3 is 5.97 Å². The van der Waals surface area contributed by atoms with E-state index in [2.05, 4.69) is 74.8 Å². The summed E-state index contributed by atoms with van der Waals surface area (Å²) in [7, 11) is 1.35. The second kappa shape index (κ2) is 15.0. The maximum atomic E-state index is 13.8. The Hall–Kier alpha value is -4.21. The fourth-order valence-electron chi connectivity index (χ4n) is 6.07. The number of benzene rings is 3. The molecule has 13 heteroatoms. The first kappa shape index (κ1) is 35.6. The number of hydrogen-bond donors (Lipinski definition) is 2. The molecular weight excluding hydrogens is 785 g/mol. The maximum Gasteiger partial charge on any atom is 0.356 e. The molecule has 3 heterocycles. The van der Waals surface area contributed by atoms with Crippen molar-refractivity contribution < 1.29 is 24.0 Å². The summed E-state index contributed by atoms with van der Waals surface area (Å²) in [5, 5.41) is 12.9. The van der Waals surface area contributed by atoms with Crippen molar-refractivity contribution in [2.75, 3.05) is 22.6 Å². The molecule has 2 atom stereocenters. The molecule has 1 aromatic heterocycles. The smallest absolute Gasteiger partial charge is 0.356 e. The number of esters is 1. The molecule has 4 aromatic rings. The average Bonchev–Trinajstić information content (AvgIpc) is 3.59. The highest BCUT2D eigenvalue weighted by atomic mass is 127. The second-order valence-corrected chi connectivity index (χ2v) is 15.3. The van der Waals surface area contributed by atoms with Crippen LogP contribution in [-0.2, 0) is 29.5 Å². The lowest BCUT2D eigenvalue weighted by Crippen LogP contribution is -2.73. The highest BCUT2D eigenvalue weighted by molar-refractivity contribution is 14.1. The van der Waals surface area contributed by atoms with Crippen molar-refractivity contribution in [3.05, 3.63) is 129 Å². The van der Waals surface area contributed by atoms with Gasteiger partial charge in [-0.1, -0.05) is 119 Å². The monoisotopic (exact) mass is 821 g/mol. The number of allylic oxidation sites excluding steroid dienone is 1. The zero-order valence-electron chi connectivity index (χ0n) is 27.9. The zero-order valence-corrected chi connectivity index (χ0v) is 31.7. The number of rotatable bonds is 11. The molecule has 50 heavy (non-hydrogen) atoms. The van der Waals surface area contributed by atoms with Crippen LogP contribution in [0.2, 0.25) is 0 Å². The van der Waals surface area contributed by atoms with Crippen LogP contribution in [0.5, 0.6) is 0 Å². The van der Waals surface area contributed by atoms with Gasteiger partial charge in [0.1, 0.15) is 35.7 Å². The first-order valence-corrected chi connectivity index (χ1v) is 19.3. The maximum absolute atomic E-state index is 13.8. The first-order chi connectivity index (χ1) is 24.1. The number of nitrogens with one attached hydrogen (secondary N) is 2. The Kier molecular flexibility index (Phi) is 10.6. The van der Waals surface area contributed by atoms with E-state index in [4.69, 9.17) is 14.6 Å². The van der Waals surface area contributed by atoms with Crippen molar-refractivity contribution >= 4 is 74.3 Å². The minimum atomic E-state index is -0.858. The number of halogens is 1. The van der Waals surface area contributed by atoms with Crippen molar-refractivity contribution in [2.24, 2.45) is 5.16 Å². The lowest BCUT2D eigenvalue weighted by atomic mass is 9.77. The van der Waals surface area contributed by atoms with E-state index >= 15 is 0 Å². The number of hydrogen-bond acceptors (Lipinski definition) is 10. The number of alkyl halides is 1. The quantitative estimate of drug-likeness (QED) is 0.0343. The molecule has 6 rings (SSSR count). The molecule has 2 N–H and O–H groups in total. The van der Waals surface area contributed by atoms with Gasteiger partial charge in [0, 0.05) is 20.5 Å². The van der Waals surface area contributed by atoms with E-state index < -0.39 is 35.1 Å². The number of anilines is 1. The summed E-state index contributed by atoms with van der Waals surface area (Å²) in [5.41, 5.74) is 1.90. The summed E-state index contributed by atoms with van der Waals surface area (Å²) in [6, 6.07) is 29.1. The first-order valence-electron chi connectivity index (χ1n) is 15.9. The van der Waals surface area contributed by atoms with Gasteiger partial charge in [-0.25, -0.2) is 9.78 Å². The standard InChI is InChI=1S/C37H36IN5O5S2/c1-36(2,3)48-34(46)31-28(20-38)49-22-27-30(33(45)43(27)31)40-32(44)29(42-47-4)26-21-50-35(39-26)41-37(23-14-8-5-9-15-23,24-16-10-6-11-17-24)25-18-12-7-13-19-25/h5-19,21,27,30H,20,22H2,1-4H3,(H,39,41)(H,40,44). The van der Waals surface area contributed by atoms with Crippen LogP contribution in [0.25, 0.3) is 0 Å². The third-order valence-corrected chi connectivity index (χ3v) is 11.4. The number of nitrogens with zero attached hydrogens (tertiary/aromatic N) is 3. The minimum absolute atomic E-state index is 0.0768. The third-order valence-electron chi connectivity index (χ3n) is 8.21. The number of thioether (sulfide) groups is 1. The van der Waals surface area contributed by atoms with E-state index in [-0.39, 0.29) is 23.0 Å². The Morgan fingerprint density at radius 2 is 1.52 bits per heavy atom. The summed E-state index contributed by atoms with van der Waals surface area (Å²) in [4.78, 5) is 52.6. The average molecular weight is 822 g/mol. The number of ether oxygens (including phenoxy) is 1. The SMILES string of the molecule is CON=C(C(=O)NC1C(=O)N2C(C(=O)OC(C)(C)C)=C(CI)SCC12)c1csc(NC(c2ccccc2)(c2ccccc2)c2ccccc2)n1.